The van der Waals surface area contributed by atoms with E-state index in [1.165, 1.54) is 17.0 Å². The summed E-state index contributed by atoms with van der Waals surface area (Å²) in [5, 5.41) is 2.73. The first-order valence-corrected chi connectivity index (χ1v) is 17.9. The number of amides is 4. The SMILES string of the molecule is CCCN(CC(N)=O)C(=O)c1ccc(CN2C(=O)c3cc(NC(=O)c4ccc(OC(F)(F)F)cc4)ccc3CC2c2ccc(OCCCN(C)C)cc2)cc1. The van der Waals surface area contributed by atoms with Crippen LogP contribution in [0.1, 0.15) is 73.6 Å². The van der Waals surface area contributed by atoms with Gasteiger partial charge in [-0.2, -0.15) is 0 Å². The molecule has 1 unspecified atom stereocenters. The lowest BCUT2D eigenvalue weighted by Crippen LogP contribution is -2.40. The van der Waals surface area contributed by atoms with Gasteiger partial charge in [0.2, 0.25) is 5.91 Å². The summed E-state index contributed by atoms with van der Waals surface area (Å²) >= 11 is 0. The van der Waals surface area contributed by atoms with Crippen LogP contribution >= 0.6 is 0 Å². The largest absolute Gasteiger partial charge is 0.573 e. The zero-order chi connectivity index (χ0) is 39.7. The number of nitrogens with two attached hydrogens (primary N) is 1. The molecule has 0 bridgehead atoms. The maximum atomic E-state index is 14.4. The van der Waals surface area contributed by atoms with E-state index in [2.05, 4.69) is 15.0 Å². The van der Waals surface area contributed by atoms with Gasteiger partial charge in [0.1, 0.15) is 11.5 Å². The molecule has 0 aromatic heterocycles. The van der Waals surface area contributed by atoms with Crippen molar-refractivity contribution in [3.05, 3.63) is 124 Å². The van der Waals surface area contributed by atoms with Gasteiger partial charge in [-0.25, -0.2) is 0 Å². The molecule has 0 radical (unpaired) electrons. The quantitative estimate of drug-likeness (QED) is 0.126. The van der Waals surface area contributed by atoms with Crippen LogP contribution in [0.3, 0.4) is 0 Å². The highest BCUT2D eigenvalue weighted by atomic mass is 19.4. The molecule has 14 heteroatoms. The van der Waals surface area contributed by atoms with Crippen molar-refractivity contribution in [1.82, 2.24) is 14.7 Å². The first-order chi connectivity index (χ1) is 26.2. The third kappa shape index (κ3) is 11.1. The molecule has 5 rings (SSSR count). The molecule has 3 N–H and O–H groups in total. The Morgan fingerprint density at radius 3 is 2.16 bits per heavy atom. The average Bonchev–Trinajstić information content (AvgIpc) is 3.14. The van der Waals surface area contributed by atoms with Crippen LogP contribution in [0.2, 0.25) is 0 Å². The fourth-order valence-corrected chi connectivity index (χ4v) is 6.34. The second kappa shape index (κ2) is 18.0. The first kappa shape index (κ1) is 40.3. The summed E-state index contributed by atoms with van der Waals surface area (Å²) in [4.78, 5) is 57.4. The standard InChI is InChI=1S/C41H44F3N5O6/c1-4-20-48(26-37(45)50)39(52)30-8-6-27(7-9-30)25-49-36(28-11-16-33(17-12-28)54-22-5-21-47(2)3)23-31-10-15-32(24-35(31)40(49)53)46-38(51)29-13-18-34(19-14-29)55-41(42,43)44/h6-19,24,36H,4-5,20-23,25-26H2,1-3H3,(H2,45,50)(H,46,51). The van der Waals surface area contributed by atoms with Gasteiger partial charge in [0.15, 0.2) is 0 Å². The van der Waals surface area contributed by atoms with Crippen molar-refractivity contribution >= 4 is 29.3 Å². The van der Waals surface area contributed by atoms with Crippen LogP contribution in [-0.2, 0) is 17.8 Å². The van der Waals surface area contributed by atoms with Gasteiger partial charge in [-0.15, -0.1) is 13.2 Å². The van der Waals surface area contributed by atoms with E-state index in [0.29, 0.717) is 48.6 Å². The van der Waals surface area contributed by atoms with E-state index in [4.69, 9.17) is 10.5 Å². The van der Waals surface area contributed by atoms with Gasteiger partial charge in [0, 0.05) is 42.0 Å². The normalized spacial score (nSPS) is 14.0. The lowest BCUT2D eigenvalue weighted by Gasteiger charge is -2.37. The molecule has 1 heterocycles. The summed E-state index contributed by atoms with van der Waals surface area (Å²) in [6.45, 7) is 3.74. The zero-order valence-electron chi connectivity index (χ0n) is 30.9. The van der Waals surface area contributed by atoms with Crippen molar-refractivity contribution in [3.8, 4) is 11.5 Å². The minimum Gasteiger partial charge on any atom is -0.494 e. The fraction of sp³-hybridized carbons (Fsp3) is 0.317. The number of halogens is 3. The van der Waals surface area contributed by atoms with Gasteiger partial charge >= 0.3 is 6.36 Å². The van der Waals surface area contributed by atoms with E-state index in [1.807, 2.05) is 45.3 Å². The van der Waals surface area contributed by atoms with E-state index < -0.39 is 23.9 Å². The molecule has 55 heavy (non-hydrogen) atoms. The highest BCUT2D eigenvalue weighted by Crippen LogP contribution is 2.36. The molecular weight excluding hydrogens is 715 g/mol. The van der Waals surface area contributed by atoms with Crippen molar-refractivity contribution in [2.45, 2.75) is 45.1 Å². The smallest absolute Gasteiger partial charge is 0.494 e. The molecule has 0 saturated carbocycles. The van der Waals surface area contributed by atoms with Gasteiger partial charge in [-0.1, -0.05) is 37.3 Å². The highest BCUT2D eigenvalue weighted by molar-refractivity contribution is 6.05. The molecule has 4 aromatic carbocycles. The summed E-state index contributed by atoms with van der Waals surface area (Å²) in [6.07, 6.45) is -2.87. The van der Waals surface area contributed by atoms with Crippen LogP contribution in [-0.4, -0.2) is 85.0 Å². The molecule has 0 saturated heterocycles. The Hall–Kier alpha value is -5.89. The van der Waals surface area contributed by atoms with Crippen LogP contribution in [0.5, 0.6) is 11.5 Å². The number of hydrogen-bond donors (Lipinski definition) is 2. The van der Waals surface area contributed by atoms with Gasteiger partial charge < -0.3 is 35.2 Å². The number of hydrogen-bond acceptors (Lipinski definition) is 7. The Morgan fingerprint density at radius 1 is 0.891 bits per heavy atom. The molecule has 4 aromatic rings. The Bertz CT molecular complexity index is 1970. The second-order valence-electron chi connectivity index (χ2n) is 13.5. The number of ether oxygens (including phenoxy) is 2. The van der Waals surface area contributed by atoms with Gasteiger partial charge in [-0.3, -0.25) is 19.2 Å². The number of primary amides is 1. The first-order valence-electron chi connectivity index (χ1n) is 17.9. The summed E-state index contributed by atoms with van der Waals surface area (Å²) in [5.41, 5.74) is 8.99. The molecular formula is C41H44F3N5O6. The van der Waals surface area contributed by atoms with Crippen LogP contribution in [0.15, 0.2) is 91.0 Å². The third-order valence-electron chi connectivity index (χ3n) is 8.96. The Labute approximate surface area is 317 Å². The van der Waals surface area contributed by atoms with E-state index in [1.54, 1.807) is 47.4 Å². The summed E-state index contributed by atoms with van der Waals surface area (Å²) in [7, 11) is 4.01. The van der Waals surface area contributed by atoms with E-state index in [0.717, 1.165) is 41.8 Å². The Balaban J connectivity index is 1.38. The van der Waals surface area contributed by atoms with Crippen molar-refractivity contribution in [3.63, 3.8) is 0 Å². The molecule has 0 spiro atoms. The minimum atomic E-state index is -4.86. The maximum Gasteiger partial charge on any atom is 0.573 e. The monoisotopic (exact) mass is 759 g/mol. The lowest BCUT2D eigenvalue weighted by molar-refractivity contribution is -0.274. The molecule has 4 amide bonds. The minimum absolute atomic E-state index is 0.0970. The van der Waals surface area contributed by atoms with Crippen LogP contribution in [0, 0.1) is 0 Å². The summed E-state index contributed by atoms with van der Waals surface area (Å²) in [5.74, 6) is -1.53. The molecule has 290 valence electrons. The average molecular weight is 760 g/mol. The number of fused-ring (bicyclic) bond motifs is 1. The predicted octanol–water partition coefficient (Wildman–Crippen LogP) is 6.45. The molecule has 1 aliphatic rings. The van der Waals surface area contributed by atoms with Crippen LogP contribution < -0.4 is 20.5 Å². The third-order valence-corrected chi connectivity index (χ3v) is 8.96. The number of alkyl halides is 3. The fourth-order valence-electron chi connectivity index (χ4n) is 6.34. The van der Waals surface area contributed by atoms with Crippen LogP contribution in [0.4, 0.5) is 18.9 Å². The molecule has 0 aliphatic carbocycles. The van der Waals surface area contributed by atoms with Crippen molar-refractivity contribution < 1.29 is 41.8 Å². The number of rotatable bonds is 16. The predicted molar refractivity (Wildman–Crippen MR) is 201 cm³/mol. The Kier molecular flexibility index (Phi) is 13.2. The number of nitrogens with zero attached hydrogens (tertiary/aromatic N) is 3. The number of benzene rings is 4. The van der Waals surface area contributed by atoms with Crippen molar-refractivity contribution in [2.75, 3.05) is 45.7 Å². The van der Waals surface area contributed by atoms with Crippen LogP contribution in [0.25, 0.3) is 0 Å². The topological polar surface area (TPSA) is 135 Å². The summed E-state index contributed by atoms with van der Waals surface area (Å²) in [6, 6.07) is 23.7. The van der Waals surface area contributed by atoms with Gasteiger partial charge in [0.25, 0.3) is 17.7 Å². The number of nitrogens with one attached hydrogen (secondary N) is 1. The molecule has 1 atom stereocenters. The van der Waals surface area contributed by atoms with Crippen molar-refractivity contribution in [1.29, 1.82) is 0 Å². The second-order valence-corrected chi connectivity index (χ2v) is 13.5. The zero-order valence-corrected chi connectivity index (χ0v) is 30.9. The number of carbonyl (C=O) groups excluding carboxylic acids is 4. The molecule has 1 aliphatic heterocycles. The number of carbonyl (C=O) groups is 4. The Morgan fingerprint density at radius 2 is 1.55 bits per heavy atom. The van der Waals surface area contributed by atoms with Crippen molar-refractivity contribution in [2.24, 2.45) is 5.73 Å². The summed E-state index contributed by atoms with van der Waals surface area (Å²) < 4.78 is 47.6. The maximum absolute atomic E-state index is 14.4. The lowest BCUT2D eigenvalue weighted by atomic mass is 9.88. The van der Waals surface area contributed by atoms with E-state index in [9.17, 15) is 32.3 Å². The van der Waals surface area contributed by atoms with Gasteiger partial charge in [-0.05, 0) is 111 Å². The van der Waals surface area contributed by atoms with E-state index >= 15 is 0 Å². The van der Waals surface area contributed by atoms with E-state index in [-0.39, 0.29) is 36.5 Å². The molecule has 11 nitrogen and oxygen atoms in total. The number of anilines is 1. The molecule has 0 fully saturated rings. The highest BCUT2D eigenvalue weighted by Gasteiger charge is 2.34. The van der Waals surface area contributed by atoms with Gasteiger partial charge in [0.05, 0.1) is 19.2 Å².